The second-order valence-electron chi connectivity index (χ2n) is 7.42. The summed E-state index contributed by atoms with van der Waals surface area (Å²) in [5, 5.41) is 0. The Morgan fingerprint density at radius 3 is 2.48 bits per heavy atom. The fourth-order valence-corrected chi connectivity index (χ4v) is 4.30. The van der Waals surface area contributed by atoms with Gasteiger partial charge in [-0.05, 0) is 74.9 Å². The number of aryl methyl sites for hydroxylation is 2. The van der Waals surface area contributed by atoms with E-state index in [9.17, 15) is 0 Å². The van der Waals surface area contributed by atoms with Crippen LogP contribution in [0.2, 0.25) is 0 Å². The molecule has 4 rings (SSSR count). The zero-order chi connectivity index (χ0) is 15.5. The fraction of sp³-hybridized carbons (Fsp3) is 0.619. The van der Waals surface area contributed by atoms with Crippen LogP contribution in [0.1, 0.15) is 61.6 Å². The minimum absolute atomic E-state index is 0.845. The van der Waals surface area contributed by atoms with E-state index in [0.29, 0.717) is 0 Å². The van der Waals surface area contributed by atoms with Gasteiger partial charge in [-0.25, -0.2) is 0 Å². The number of hydrogen-bond donors (Lipinski definition) is 0. The normalized spacial score (nSPS) is 21.7. The predicted octanol–water partition coefficient (Wildman–Crippen LogP) is 4.61. The summed E-state index contributed by atoms with van der Waals surface area (Å²) in [5.41, 5.74) is 5.97. The van der Waals surface area contributed by atoms with Crippen molar-refractivity contribution in [2.45, 2.75) is 57.8 Å². The molecule has 23 heavy (non-hydrogen) atoms. The Labute approximate surface area is 140 Å². The van der Waals surface area contributed by atoms with Crippen molar-refractivity contribution in [2.24, 2.45) is 0 Å². The van der Waals surface area contributed by atoms with E-state index < -0.39 is 0 Å². The third-order valence-corrected chi connectivity index (χ3v) is 5.71. The van der Waals surface area contributed by atoms with Crippen LogP contribution in [0, 0.1) is 0 Å². The molecular formula is C21H29NO. The zero-order valence-corrected chi connectivity index (χ0v) is 14.3. The van der Waals surface area contributed by atoms with Crippen LogP contribution in [-0.4, -0.2) is 31.1 Å². The molecule has 0 bridgehead atoms. The number of likely N-dealkylation sites (tertiary alicyclic amines) is 1. The van der Waals surface area contributed by atoms with Crippen molar-refractivity contribution < 1.29 is 4.74 Å². The van der Waals surface area contributed by atoms with Gasteiger partial charge >= 0.3 is 0 Å². The lowest BCUT2D eigenvalue weighted by molar-refractivity contribution is 0.284. The summed E-state index contributed by atoms with van der Waals surface area (Å²) in [6.45, 7) is 4.67. The molecule has 0 aromatic heterocycles. The quantitative estimate of drug-likeness (QED) is 0.808. The highest BCUT2D eigenvalue weighted by atomic mass is 16.5. The van der Waals surface area contributed by atoms with Crippen LogP contribution in [0.15, 0.2) is 17.7 Å². The lowest BCUT2D eigenvalue weighted by atomic mass is 10.0. The molecule has 3 aliphatic rings. The highest BCUT2D eigenvalue weighted by Gasteiger charge is 2.17. The van der Waals surface area contributed by atoms with Gasteiger partial charge < -0.3 is 9.64 Å². The lowest BCUT2D eigenvalue weighted by Crippen LogP contribution is -2.26. The Bertz CT molecular complexity index is 582. The van der Waals surface area contributed by atoms with Crippen molar-refractivity contribution in [3.05, 3.63) is 34.4 Å². The third kappa shape index (κ3) is 3.63. The summed E-state index contributed by atoms with van der Waals surface area (Å²) >= 11 is 0. The molecule has 2 nitrogen and oxygen atoms in total. The van der Waals surface area contributed by atoms with Gasteiger partial charge in [-0.3, -0.25) is 0 Å². The topological polar surface area (TPSA) is 12.5 Å². The van der Waals surface area contributed by atoms with Crippen LogP contribution < -0.4 is 4.74 Å². The molecule has 0 N–H and O–H groups in total. The average Bonchev–Trinajstić information content (AvgIpc) is 2.75. The highest BCUT2D eigenvalue weighted by molar-refractivity contribution is 5.63. The standard InChI is InChI=1S/C21H29NO/c1-2-4-11-22(10-3-1)12-8-17-9-13-23-21-16-19-7-5-6-18(19)15-20(21)14-17/h14-16H,1-13H2. The second-order valence-corrected chi connectivity index (χ2v) is 7.42. The number of rotatable bonds is 3. The number of fused-ring (bicyclic) bond motifs is 2. The lowest BCUT2D eigenvalue weighted by Gasteiger charge is -2.20. The zero-order valence-electron chi connectivity index (χ0n) is 14.3. The number of ether oxygens (including phenoxy) is 1. The van der Waals surface area contributed by atoms with E-state index >= 15 is 0 Å². The molecule has 0 saturated carbocycles. The van der Waals surface area contributed by atoms with Gasteiger partial charge in [0.1, 0.15) is 5.75 Å². The van der Waals surface area contributed by atoms with Crippen LogP contribution in [0.25, 0.3) is 6.08 Å². The van der Waals surface area contributed by atoms with E-state index in [2.05, 4.69) is 23.1 Å². The first-order valence-electron chi connectivity index (χ1n) is 9.59. The van der Waals surface area contributed by atoms with E-state index in [1.807, 2.05) is 0 Å². The molecule has 124 valence electrons. The van der Waals surface area contributed by atoms with Gasteiger partial charge in [-0.15, -0.1) is 0 Å². The Hall–Kier alpha value is -1.28. The Morgan fingerprint density at radius 2 is 1.65 bits per heavy atom. The maximum absolute atomic E-state index is 6.05. The maximum Gasteiger partial charge on any atom is 0.126 e. The van der Waals surface area contributed by atoms with Crippen molar-refractivity contribution >= 4 is 6.08 Å². The molecule has 0 spiro atoms. The average molecular weight is 311 g/mol. The van der Waals surface area contributed by atoms with Crippen LogP contribution in [0.4, 0.5) is 0 Å². The summed E-state index contributed by atoms with van der Waals surface area (Å²) in [5.74, 6) is 1.12. The van der Waals surface area contributed by atoms with Gasteiger partial charge in [0, 0.05) is 18.5 Å². The van der Waals surface area contributed by atoms with Crippen molar-refractivity contribution in [3.63, 3.8) is 0 Å². The maximum atomic E-state index is 6.05. The molecule has 0 amide bonds. The van der Waals surface area contributed by atoms with Gasteiger partial charge in [0.2, 0.25) is 0 Å². The molecule has 1 saturated heterocycles. The fourth-order valence-electron chi connectivity index (χ4n) is 4.30. The number of hydrogen-bond acceptors (Lipinski definition) is 2. The molecule has 2 aliphatic heterocycles. The summed E-state index contributed by atoms with van der Waals surface area (Å²) in [6.07, 6.45) is 14.1. The monoisotopic (exact) mass is 311 g/mol. The first-order chi connectivity index (χ1) is 11.4. The molecule has 0 atom stereocenters. The van der Waals surface area contributed by atoms with Crippen LogP contribution in [-0.2, 0) is 12.8 Å². The summed E-state index contributed by atoms with van der Waals surface area (Å²) in [4.78, 5) is 2.67. The number of nitrogens with zero attached hydrogens (tertiary/aromatic N) is 1. The minimum Gasteiger partial charge on any atom is -0.493 e. The van der Waals surface area contributed by atoms with Gasteiger partial charge in [0.25, 0.3) is 0 Å². The molecular weight excluding hydrogens is 282 g/mol. The molecule has 0 unspecified atom stereocenters. The SMILES string of the molecule is C1=C(CCN2CCCCCC2)CCOc2cc3c(cc21)CCC3. The van der Waals surface area contributed by atoms with Crippen molar-refractivity contribution in [1.29, 1.82) is 0 Å². The van der Waals surface area contributed by atoms with E-state index in [0.717, 1.165) is 18.8 Å². The van der Waals surface area contributed by atoms with Crippen molar-refractivity contribution in [3.8, 4) is 5.75 Å². The Kier molecular flexibility index (Phi) is 4.70. The van der Waals surface area contributed by atoms with Crippen LogP contribution in [0.3, 0.4) is 0 Å². The molecule has 0 radical (unpaired) electrons. The first-order valence-corrected chi connectivity index (χ1v) is 9.59. The van der Waals surface area contributed by atoms with E-state index in [-0.39, 0.29) is 0 Å². The molecule has 1 aliphatic carbocycles. The van der Waals surface area contributed by atoms with E-state index in [1.165, 1.54) is 82.1 Å². The predicted molar refractivity (Wildman–Crippen MR) is 96.1 cm³/mol. The summed E-state index contributed by atoms with van der Waals surface area (Å²) < 4.78 is 6.05. The summed E-state index contributed by atoms with van der Waals surface area (Å²) in [7, 11) is 0. The molecule has 2 heteroatoms. The molecule has 1 fully saturated rings. The minimum atomic E-state index is 0.845. The third-order valence-electron chi connectivity index (χ3n) is 5.71. The second kappa shape index (κ2) is 7.09. The smallest absolute Gasteiger partial charge is 0.126 e. The molecule has 1 aromatic rings. The van der Waals surface area contributed by atoms with Gasteiger partial charge in [-0.1, -0.05) is 24.5 Å². The Morgan fingerprint density at radius 1 is 0.870 bits per heavy atom. The summed E-state index contributed by atoms with van der Waals surface area (Å²) in [6, 6.07) is 4.71. The van der Waals surface area contributed by atoms with Gasteiger partial charge in [0.15, 0.2) is 0 Å². The van der Waals surface area contributed by atoms with E-state index in [1.54, 1.807) is 11.1 Å². The van der Waals surface area contributed by atoms with Gasteiger partial charge in [-0.2, -0.15) is 0 Å². The van der Waals surface area contributed by atoms with Crippen LogP contribution in [0.5, 0.6) is 5.75 Å². The first kappa shape index (κ1) is 15.3. The number of benzene rings is 1. The highest BCUT2D eigenvalue weighted by Crippen LogP contribution is 2.33. The van der Waals surface area contributed by atoms with Crippen molar-refractivity contribution in [1.82, 2.24) is 4.90 Å². The van der Waals surface area contributed by atoms with E-state index in [4.69, 9.17) is 4.74 Å². The molecule has 1 aromatic carbocycles. The van der Waals surface area contributed by atoms with Crippen LogP contribution >= 0.6 is 0 Å². The van der Waals surface area contributed by atoms with Gasteiger partial charge in [0.05, 0.1) is 6.61 Å². The van der Waals surface area contributed by atoms with Crippen molar-refractivity contribution in [2.75, 3.05) is 26.2 Å². The Balaban J connectivity index is 1.46. The largest absolute Gasteiger partial charge is 0.493 e. The molecule has 2 heterocycles.